The molecule has 0 bridgehead atoms. The van der Waals surface area contributed by atoms with E-state index >= 15 is 0 Å². The molecule has 0 aromatic carbocycles. The van der Waals surface area contributed by atoms with E-state index in [0.29, 0.717) is 6.42 Å². The number of ether oxygens (including phenoxy) is 1. The second-order valence-electron chi connectivity index (χ2n) is 12.7. The highest BCUT2D eigenvalue weighted by molar-refractivity contribution is 5.69. The molecule has 44 heavy (non-hydrogen) atoms. The molecule has 0 radical (unpaired) electrons. The Morgan fingerprint density at radius 2 is 0.955 bits per heavy atom. The van der Waals surface area contributed by atoms with Crippen LogP contribution in [0.25, 0.3) is 0 Å². The van der Waals surface area contributed by atoms with E-state index in [4.69, 9.17) is 9.84 Å². The van der Waals surface area contributed by atoms with Crippen molar-refractivity contribution in [2.45, 2.75) is 206 Å². The van der Waals surface area contributed by atoms with Gasteiger partial charge in [-0.25, -0.2) is 0 Å². The fourth-order valence-corrected chi connectivity index (χ4v) is 5.61. The summed E-state index contributed by atoms with van der Waals surface area (Å²) < 4.78 is 5.98. The van der Waals surface area contributed by atoms with Gasteiger partial charge >= 0.3 is 11.9 Å². The lowest BCUT2D eigenvalue weighted by atomic mass is 10.0. The molecule has 256 valence electrons. The smallest absolute Gasteiger partial charge is 0.306 e. The molecular weight excluding hydrogens is 544 g/mol. The molecule has 0 aromatic heterocycles. The Bertz CT molecular complexity index is 708. The summed E-state index contributed by atoms with van der Waals surface area (Å²) in [7, 11) is 0. The van der Waals surface area contributed by atoms with E-state index in [-0.39, 0.29) is 18.5 Å². The number of rotatable bonds is 34. The molecule has 0 aliphatic carbocycles. The van der Waals surface area contributed by atoms with Gasteiger partial charge < -0.3 is 9.84 Å². The zero-order valence-corrected chi connectivity index (χ0v) is 29.2. The van der Waals surface area contributed by atoms with Gasteiger partial charge in [0.05, 0.1) is 0 Å². The quantitative estimate of drug-likeness (QED) is 0.0444. The van der Waals surface area contributed by atoms with Gasteiger partial charge in [-0.1, -0.05) is 153 Å². The van der Waals surface area contributed by atoms with E-state index in [1.807, 2.05) is 0 Å². The van der Waals surface area contributed by atoms with Gasteiger partial charge in [-0.3, -0.25) is 9.59 Å². The fourth-order valence-electron chi connectivity index (χ4n) is 5.61. The Labute approximate surface area is 273 Å². The minimum atomic E-state index is -0.704. The van der Waals surface area contributed by atoms with Crippen molar-refractivity contribution in [3.63, 3.8) is 0 Å². The Hall–Kier alpha value is -1.84. The van der Waals surface area contributed by atoms with Gasteiger partial charge in [-0.2, -0.15) is 0 Å². The highest BCUT2D eigenvalue weighted by Gasteiger charge is 2.14. The summed E-state index contributed by atoms with van der Waals surface area (Å²) in [5.41, 5.74) is 0. The highest BCUT2D eigenvalue weighted by atomic mass is 16.5. The first-order valence-electron chi connectivity index (χ1n) is 19.0. The molecule has 4 heteroatoms. The topological polar surface area (TPSA) is 63.6 Å². The molecule has 1 unspecified atom stereocenters. The van der Waals surface area contributed by atoms with Gasteiger partial charge in [0.25, 0.3) is 0 Å². The molecule has 0 spiro atoms. The normalized spacial score (nSPS) is 12.6. The van der Waals surface area contributed by atoms with Gasteiger partial charge in [0, 0.05) is 12.8 Å². The molecule has 0 fully saturated rings. The second kappa shape index (κ2) is 35.6. The Balaban J connectivity index is 4.11. The molecule has 0 aromatic rings. The third kappa shape index (κ3) is 34.6. The van der Waals surface area contributed by atoms with E-state index in [0.717, 1.165) is 96.3 Å². The zero-order valence-electron chi connectivity index (χ0n) is 29.2. The molecule has 4 nitrogen and oxygen atoms in total. The number of carboxylic acid groups (broad SMARTS) is 1. The third-order valence-corrected chi connectivity index (χ3v) is 8.38. The van der Waals surface area contributed by atoms with Gasteiger partial charge in [0.15, 0.2) is 0 Å². The largest absolute Gasteiger partial charge is 0.481 e. The Morgan fingerprint density at radius 3 is 1.48 bits per heavy atom. The summed E-state index contributed by atoms with van der Waals surface area (Å²) in [5, 5.41) is 8.81. The van der Waals surface area contributed by atoms with E-state index in [1.54, 1.807) is 0 Å². The molecule has 0 heterocycles. The number of carbonyl (C=O) groups is 2. The lowest BCUT2D eigenvalue weighted by Gasteiger charge is -2.18. The van der Waals surface area contributed by atoms with Gasteiger partial charge in [0.2, 0.25) is 0 Å². The minimum absolute atomic E-state index is 0.0241. The lowest BCUT2D eigenvalue weighted by Crippen LogP contribution is -2.18. The molecule has 0 saturated carbocycles. The van der Waals surface area contributed by atoms with E-state index < -0.39 is 5.97 Å². The van der Waals surface area contributed by atoms with Crippen LogP contribution in [0.3, 0.4) is 0 Å². The van der Waals surface area contributed by atoms with Crippen LogP contribution in [0.5, 0.6) is 0 Å². The lowest BCUT2D eigenvalue weighted by molar-refractivity contribution is -0.150. The van der Waals surface area contributed by atoms with Crippen LogP contribution >= 0.6 is 0 Å². The number of aliphatic carboxylic acids is 1. The van der Waals surface area contributed by atoms with E-state index in [9.17, 15) is 9.59 Å². The summed E-state index contributed by atoms with van der Waals surface area (Å²) in [6.07, 6.45) is 45.8. The van der Waals surface area contributed by atoms with Crippen molar-refractivity contribution in [1.29, 1.82) is 0 Å². The Kier molecular flexibility index (Phi) is 34.1. The van der Waals surface area contributed by atoms with Crippen LogP contribution < -0.4 is 0 Å². The first-order valence-corrected chi connectivity index (χ1v) is 19.0. The van der Waals surface area contributed by atoms with Crippen LogP contribution in [0, 0.1) is 0 Å². The van der Waals surface area contributed by atoms with Crippen molar-refractivity contribution in [3.8, 4) is 0 Å². The van der Waals surface area contributed by atoms with E-state index in [1.165, 1.54) is 77.0 Å². The zero-order chi connectivity index (χ0) is 32.2. The molecule has 0 aliphatic rings. The number of unbranched alkanes of at least 4 members (excludes halogenated alkanes) is 19. The number of hydrogen-bond donors (Lipinski definition) is 1. The SMILES string of the molecule is CC/C=C\C/C=C\C/C=C\CCCCCC(=O)OC(CCCCCCCCCCCCCCC)CCCCCCCC(=O)O. The van der Waals surface area contributed by atoms with Crippen LogP contribution in [0.1, 0.15) is 200 Å². The molecule has 0 aliphatic heterocycles. The highest BCUT2D eigenvalue weighted by Crippen LogP contribution is 2.19. The first-order chi connectivity index (χ1) is 21.6. The third-order valence-electron chi connectivity index (χ3n) is 8.38. The number of allylic oxidation sites excluding steroid dienone is 6. The average Bonchev–Trinajstić information content (AvgIpc) is 3.00. The minimum Gasteiger partial charge on any atom is -0.481 e. The number of carbonyl (C=O) groups excluding carboxylic acids is 1. The fraction of sp³-hybridized carbons (Fsp3) is 0.800. The number of esters is 1. The maximum Gasteiger partial charge on any atom is 0.306 e. The van der Waals surface area contributed by atoms with Crippen LogP contribution in [-0.4, -0.2) is 23.1 Å². The first kappa shape index (κ1) is 42.2. The molecule has 0 amide bonds. The number of hydrogen-bond acceptors (Lipinski definition) is 3. The van der Waals surface area contributed by atoms with Gasteiger partial charge in [0.1, 0.15) is 6.10 Å². The van der Waals surface area contributed by atoms with Gasteiger partial charge in [-0.15, -0.1) is 0 Å². The summed E-state index contributed by atoms with van der Waals surface area (Å²) in [6, 6.07) is 0. The molecule has 1 N–H and O–H groups in total. The summed E-state index contributed by atoms with van der Waals surface area (Å²) in [6.45, 7) is 4.43. The second-order valence-corrected chi connectivity index (χ2v) is 12.7. The maximum absolute atomic E-state index is 12.6. The standard InChI is InChI=1S/C40H72O4/c1-3-5-7-9-11-13-15-17-19-21-23-26-30-34-38(35-31-27-25-28-32-36-39(41)42)44-40(43)37-33-29-24-22-20-18-16-14-12-10-8-6-4-2/h6,8,12,14,18,20,38H,3-5,7,9-11,13,15-17,19,21-37H2,1-2H3,(H,41,42)/b8-6-,14-12-,20-18-. The van der Waals surface area contributed by atoms with Crippen LogP contribution in [0.4, 0.5) is 0 Å². The van der Waals surface area contributed by atoms with Crippen molar-refractivity contribution in [2.24, 2.45) is 0 Å². The van der Waals surface area contributed by atoms with Gasteiger partial charge in [-0.05, 0) is 70.6 Å². The van der Waals surface area contributed by atoms with Crippen LogP contribution in [-0.2, 0) is 14.3 Å². The predicted octanol–water partition coefficient (Wildman–Crippen LogP) is 13.0. The molecule has 0 rings (SSSR count). The molecular formula is C40H72O4. The monoisotopic (exact) mass is 617 g/mol. The van der Waals surface area contributed by atoms with Crippen molar-refractivity contribution in [1.82, 2.24) is 0 Å². The Morgan fingerprint density at radius 1 is 0.523 bits per heavy atom. The van der Waals surface area contributed by atoms with Crippen molar-refractivity contribution in [3.05, 3.63) is 36.5 Å². The van der Waals surface area contributed by atoms with Crippen molar-refractivity contribution < 1.29 is 19.4 Å². The maximum atomic E-state index is 12.6. The summed E-state index contributed by atoms with van der Waals surface area (Å²) in [5.74, 6) is -0.728. The predicted molar refractivity (Wildman–Crippen MR) is 190 cm³/mol. The van der Waals surface area contributed by atoms with E-state index in [2.05, 4.69) is 50.3 Å². The van der Waals surface area contributed by atoms with Crippen molar-refractivity contribution >= 4 is 11.9 Å². The van der Waals surface area contributed by atoms with Crippen LogP contribution in [0.15, 0.2) is 36.5 Å². The number of carboxylic acids is 1. The van der Waals surface area contributed by atoms with Crippen LogP contribution in [0.2, 0.25) is 0 Å². The summed E-state index contributed by atoms with van der Waals surface area (Å²) >= 11 is 0. The van der Waals surface area contributed by atoms with Crippen molar-refractivity contribution in [2.75, 3.05) is 0 Å². The summed E-state index contributed by atoms with van der Waals surface area (Å²) in [4.78, 5) is 23.3. The average molecular weight is 617 g/mol. The molecule has 1 atom stereocenters. The molecule has 0 saturated heterocycles.